The van der Waals surface area contributed by atoms with Crippen LogP contribution in [0.15, 0.2) is 23.3 Å². The summed E-state index contributed by atoms with van der Waals surface area (Å²) in [6.45, 7) is 11.5. The molecule has 2 bridgehead atoms. The van der Waals surface area contributed by atoms with E-state index in [-0.39, 0.29) is 11.2 Å². The van der Waals surface area contributed by atoms with Crippen molar-refractivity contribution in [3.8, 4) is 0 Å². The summed E-state index contributed by atoms with van der Waals surface area (Å²) in [5, 5.41) is 0. The first-order chi connectivity index (χ1) is 10.3. The van der Waals surface area contributed by atoms with Gasteiger partial charge in [-0.25, -0.2) is 0 Å². The van der Waals surface area contributed by atoms with Crippen LogP contribution in [0.5, 0.6) is 0 Å². The molecular weight excluding hydrogens is 336 g/mol. The van der Waals surface area contributed by atoms with Crippen molar-refractivity contribution in [2.75, 3.05) is 0 Å². The first-order valence-electron chi connectivity index (χ1n) is 8.93. The zero-order valence-corrected chi connectivity index (χ0v) is 16.6. The highest BCUT2D eigenvalue weighted by atomic mass is 79.9. The lowest BCUT2D eigenvalue weighted by Gasteiger charge is -2.38. The minimum absolute atomic E-state index is 0.0263. The standard InChI is InChI=1S/C20H33BrO/c1-15(2)20-12-11-17(4)8-6-7-16(3)9-10-18(21)19(5,22-20)13-14-20/h7,11,15,18H,6,8-10,12-14H2,1-5H3. The van der Waals surface area contributed by atoms with Crippen LogP contribution in [0.1, 0.15) is 79.6 Å². The van der Waals surface area contributed by atoms with Crippen molar-refractivity contribution in [1.82, 2.24) is 0 Å². The fourth-order valence-corrected chi connectivity index (χ4v) is 4.34. The van der Waals surface area contributed by atoms with Crippen molar-refractivity contribution in [3.63, 3.8) is 0 Å². The Hall–Kier alpha value is -0.0800. The number of allylic oxidation sites excluding steroid dienone is 3. The van der Waals surface area contributed by atoms with Crippen LogP contribution in [0, 0.1) is 5.92 Å². The predicted octanol–water partition coefficient (Wildman–Crippen LogP) is 6.57. The second-order valence-corrected chi connectivity index (χ2v) is 9.09. The maximum atomic E-state index is 6.80. The third-order valence-corrected chi connectivity index (χ3v) is 7.24. The van der Waals surface area contributed by atoms with Gasteiger partial charge in [0.1, 0.15) is 0 Å². The molecular formula is C20H33BrO. The van der Waals surface area contributed by atoms with E-state index in [9.17, 15) is 0 Å². The molecule has 0 saturated carbocycles. The maximum Gasteiger partial charge on any atom is 0.0787 e. The van der Waals surface area contributed by atoms with Gasteiger partial charge in [-0.15, -0.1) is 0 Å². The summed E-state index contributed by atoms with van der Waals surface area (Å²) in [5.74, 6) is 0.558. The second kappa shape index (κ2) is 7.21. The molecule has 3 atom stereocenters. The Bertz CT molecular complexity index is 451. The predicted molar refractivity (Wildman–Crippen MR) is 99.6 cm³/mol. The van der Waals surface area contributed by atoms with Gasteiger partial charge in [-0.2, -0.15) is 0 Å². The molecule has 2 rings (SSSR count). The molecule has 0 aromatic carbocycles. The van der Waals surface area contributed by atoms with Crippen molar-refractivity contribution < 1.29 is 4.74 Å². The zero-order valence-electron chi connectivity index (χ0n) is 15.0. The monoisotopic (exact) mass is 368 g/mol. The topological polar surface area (TPSA) is 9.23 Å². The molecule has 126 valence electrons. The highest BCUT2D eigenvalue weighted by Gasteiger charge is 2.50. The third-order valence-electron chi connectivity index (χ3n) is 5.82. The molecule has 2 aliphatic heterocycles. The quantitative estimate of drug-likeness (QED) is 0.375. The number of alkyl halides is 1. The van der Waals surface area contributed by atoms with Gasteiger partial charge in [-0.1, -0.05) is 53.1 Å². The molecule has 0 aliphatic carbocycles. The molecule has 0 amide bonds. The van der Waals surface area contributed by atoms with Gasteiger partial charge < -0.3 is 4.74 Å². The van der Waals surface area contributed by atoms with Crippen LogP contribution in [0.3, 0.4) is 0 Å². The molecule has 2 aliphatic rings. The molecule has 0 radical (unpaired) electrons. The summed E-state index contributed by atoms with van der Waals surface area (Å²) in [5.41, 5.74) is 3.03. The van der Waals surface area contributed by atoms with Crippen molar-refractivity contribution in [2.45, 2.75) is 95.6 Å². The van der Waals surface area contributed by atoms with Crippen molar-refractivity contribution in [1.29, 1.82) is 0 Å². The Balaban J connectivity index is 2.27. The van der Waals surface area contributed by atoms with E-state index in [0.29, 0.717) is 10.7 Å². The Labute approximate surface area is 145 Å². The molecule has 3 unspecified atom stereocenters. The Morgan fingerprint density at radius 2 is 1.82 bits per heavy atom. The van der Waals surface area contributed by atoms with Crippen molar-refractivity contribution in [3.05, 3.63) is 23.3 Å². The van der Waals surface area contributed by atoms with E-state index in [1.807, 2.05) is 0 Å². The summed E-state index contributed by atoms with van der Waals surface area (Å²) in [6.07, 6.45) is 13.0. The van der Waals surface area contributed by atoms with E-state index >= 15 is 0 Å². The average molecular weight is 369 g/mol. The van der Waals surface area contributed by atoms with Crippen LogP contribution in [0.4, 0.5) is 0 Å². The SMILES string of the molecule is CC1=CCC2(C(C)C)CCC(C)(O2)C(Br)CCC(C)=CCC1. The number of hydrogen-bond acceptors (Lipinski definition) is 1. The molecule has 1 saturated heterocycles. The molecule has 1 nitrogen and oxygen atoms in total. The summed E-state index contributed by atoms with van der Waals surface area (Å²) in [6, 6.07) is 0. The number of fused-ring (bicyclic) bond motifs is 2. The van der Waals surface area contributed by atoms with Crippen LogP contribution in [0.2, 0.25) is 0 Å². The van der Waals surface area contributed by atoms with Crippen LogP contribution in [0.25, 0.3) is 0 Å². The van der Waals surface area contributed by atoms with Crippen LogP contribution in [-0.4, -0.2) is 16.0 Å². The van der Waals surface area contributed by atoms with Crippen molar-refractivity contribution >= 4 is 15.9 Å². The molecule has 2 heteroatoms. The van der Waals surface area contributed by atoms with Gasteiger partial charge in [-0.3, -0.25) is 0 Å². The van der Waals surface area contributed by atoms with Gasteiger partial charge in [0, 0.05) is 4.83 Å². The minimum Gasteiger partial charge on any atom is -0.367 e. The number of ether oxygens (including phenoxy) is 1. The van der Waals surface area contributed by atoms with Gasteiger partial charge in [0.2, 0.25) is 0 Å². The number of hydrogen-bond donors (Lipinski definition) is 0. The molecule has 0 aromatic heterocycles. The summed E-state index contributed by atoms with van der Waals surface area (Å²) < 4.78 is 6.80. The highest BCUT2D eigenvalue weighted by Crippen LogP contribution is 2.48. The Kier molecular flexibility index (Phi) is 5.99. The van der Waals surface area contributed by atoms with Crippen molar-refractivity contribution in [2.24, 2.45) is 5.92 Å². The van der Waals surface area contributed by atoms with Crippen LogP contribution < -0.4 is 0 Å². The Morgan fingerprint density at radius 3 is 2.50 bits per heavy atom. The molecule has 0 aromatic rings. The normalized spacial score (nSPS) is 37.9. The van der Waals surface area contributed by atoms with Gasteiger partial charge in [-0.05, 0) is 71.6 Å². The summed E-state index contributed by atoms with van der Waals surface area (Å²) in [7, 11) is 0. The second-order valence-electron chi connectivity index (χ2n) is 7.98. The summed E-state index contributed by atoms with van der Waals surface area (Å²) >= 11 is 3.95. The smallest absolute Gasteiger partial charge is 0.0787 e. The lowest BCUT2D eigenvalue weighted by atomic mass is 9.83. The van der Waals surface area contributed by atoms with E-state index in [4.69, 9.17) is 4.74 Å². The maximum absolute atomic E-state index is 6.80. The molecule has 22 heavy (non-hydrogen) atoms. The van der Waals surface area contributed by atoms with Crippen LogP contribution >= 0.6 is 15.9 Å². The largest absolute Gasteiger partial charge is 0.367 e. The third kappa shape index (κ3) is 4.06. The van der Waals surface area contributed by atoms with Crippen LogP contribution in [-0.2, 0) is 4.74 Å². The van der Waals surface area contributed by atoms with E-state index in [2.05, 4.69) is 62.7 Å². The van der Waals surface area contributed by atoms with Gasteiger partial charge in [0.25, 0.3) is 0 Å². The first kappa shape index (κ1) is 18.3. The van der Waals surface area contributed by atoms with E-state index in [0.717, 1.165) is 12.8 Å². The highest BCUT2D eigenvalue weighted by molar-refractivity contribution is 9.09. The fourth-order valence-electron chi connectivity index (χ4n) is 3.79. The summed E-state index contributed by atoms with van der Waals surface area (Å²) in [4.78, 5) is 0.440. The van der Waals surface area contributed by atoms with Gasteiger partial charge in [0.05, 0.1) is 11.2 Å². The zero-order chi connectivity index (χ0) is 16.4. The number of rotatable bonds is 1. The van der Waals surface area contributed by atoms with E-state index in [1.165, 1.54) is 43.3 Å². The molecule has 0 spiro atoms. The fraction of sp³-hybridized carbons (Fsp3) is 0.800. The Morgan fingerprint density at radius 1 is 1.14 bits per heavy atom. The van der Waals surface area contributed by atoms with Gasteiger partial charge in [0.15, 0.2) is 0 Å². The minimum atomic E-state index is -0.0274. The van der Waals surface area contributed by atoms with E-state index < -0.39 is 0 Å². The van der Waals surface area contributed by atoms with E-state index in [1.54, 1.807) is 0 Å². The first-order valence-corrected chi connectivity index (χ1v) is 9.84. The molecule has 1 fully saturated rings. The van der Waals surface area contributed by atoms with Gasteiger partial charge >= 0.3 is 0 Å². The average Bonchev–Trinajstić information content (AvgIpc) is 2.82. The molecule has 2 heterocycles. The molecule has 0 N–H and O–H groups in total. The lowest BCUT2D eigenvalue weighted by molar-refractivity contribution is -0.116. The lowest BCUT2D eigenvalue weighted by Crippen LogP contribution is -2.42. The number of halogens is 1.